The van der Waals surface area contributed by atoms with Crippen molar-refractivity contribution in [2.24, 2.45) is 7.05 Å². The first kappa shape index (κ1) is 16.5. The quantitative estimate of drug-likeness (QED) is 0.571. The fourth-order valence-corrected chi connectivity index (χ4v) is 3.82. The predicted molar refractivity (Wildman–Crippen MR) is 102 cm³/mol. The second-order valence-corrected chi connectivity index (χ2v) is 7.23. The number of hydrogen-bond acceptors (Lipinski definition) is 4. The molecule has 1 aliphatic heterocycles. The van der Waals surface area contributed by atoms with Gasteiger partial charge < -0.3 is 14.2 Å². The lowest BCUT2D eigenvalue weighted by Gasteiger charge is -2.27. The lowest BCUT2D eigenvalue weighted by Crippen LogP contribution is -2.42. The maximum Gasteiger partial charge on any atom is 0.242 e. The fourth-order valence-electron chi connectivity index (χ4n) is 3.05. The molecule has 0 radical (unpaired) electrons. The van der Waals surface area contributed by atoms with Crippen LogP contribution in [0.2, 0.25) is 0 Å². The molecule has 3 heterocycles. The summed E-state index contributed by atoms with van der Waals surface area (Å²) in [4.78, 5) is 18.7. The number of morpholine rings is 1. The molecule has 8 heteroatoms. The minimum absolute atomic E-state index is 0.132. The fraction of sp³-hybridized carbons (Fsp3) is 0.353. The molecule has 0 unspecified atom stereocenters. The van der Waals surface area contributed by atoms with E-state index in [1.807, 2.05) is 34.8 Å². The molecule has 0 spiro atoms. The summed E-state index contributed by atoms with van der Waals surface area (Å²) in [7, 11) is 1.85. The van der Waals surface area contributed by atoms with Gasteiger partial charge in [0.2, 0.25) is 5.91 Å². The number of carbonyl (C=O) groups excluding carboxylic acids is 1. The molecular weight excluding hydrogens is 433 g/mol. The number of nitrogens with zero attached hydrogens (tertiary/aromatic N) is 5. The number of rotatable bonds is 3. The Labute approximate surface area is 158 Å². The number of aryl methyl sites for hydroxylation is 1. The van der Waals surface area contributed by atoms with E-state index in [-0.39, 0.29) is 5.91 Å². The van der Waals surface area contributed by atoms with Gasteiger partial charge in [-0.3, -0.25) is 9.48 Å². The molecule has 0 bridgehead atoms. The molecule has 25 heavy (non-hydrogen) atoms. The van der Waals surface area contributed by atoms with Crippen molar-refractivity contribution in [1.82, 2.24) is 24.2 Å². The zero-order chi connectivity index (χ0) is 17.4. The average Bonchev–Trinajstić information content (AvgIpc) is 3.19. The van der Waals surface area contributed by atoms with Gasteiger partial charge in [0.1, 0.15) is 12.9 Å². The number of hydrogen-bond donors (Lipinski definition) is 0. The highest BCUT2D eigenvalue weighted by Crippen LogP contribution is 2.27. The van der Waals surface area contributed by atoms with Crippen molar-refractivity contribution in [2.75, 3.05) is 26.3 Å². The van der Waals surface area contributed by atoms with Crippen molar-refractivity contribution in [3.05, 3.63) is 34.3 Å². The van der Waals surface area contributed by atoms with E-state index in [4.69, 9.17) is 4.74 Å². The average molecular weight is 451 g/mol. The minimum atomic E-state index is 0.132. The van der Waals surface area contributed by atoms with Gasteiger partial charge in [-0.25, -0.2) is 4.98 Å². The summed E-state index contributed by atoms with van der Waals surface area (Å²) in [5.41, 5.74) is 2.02. The number of carbonyl (C=O) groups is 1. The van der Waals surface area contributed by atoms with Crippen LogP contribution in [0.25, 0.3) is 22.3 Å². The van der Waals surface area contributed by atoms with E-state index in [0.717, 1.165) is 20.0 Å². The van der Waals surface area contributed by atoms with Gasteiger partial charge in [0.15, 0.2) is 5.82 Å². The Morgan fingerprint density at radius 1 is 1.32 bits per heavy atom. The maximum absolute atomic E-state index is 12.5. The molecule has 1 aliphatic rings. The molecule has 1 saturated heterocycles. The van der Waals surface area contributed by atoms with E-state index in [9.17, 15) is 4.79 Å². The van der Waals surface area contributed by atoms with E-state index in [1.165, 1.54) is 0 Å². The van der Waals surface area contributed by atoms with E-state index >= 15 is 0 Å². The van der Waals surface area contributed by atoms with Crippen LogP contribution in [0.1, 0.15) is 0 Å². The molecule has 1 fully saturated rings. The monoisotopic (exact) mass is 451 g/mol. The Bertz CT molecular complexity index is 926. The lowest BCUT2D eigenvalue weighted by molar-refractivity contribution is -0.135. The highest BCUT2D eigenvalue weighted by molar-refractivity contribution is 14.1. The Morgan fingerprint density at radius 2 is 2.12 bits per heavy atom. The van der Waals surface area contributed by atoms with Crippen LogP contribution >= 0.6 is 22.6 Å². The molecular formula is C17H18IN5O2. The second kappa shape index (κ2) is 6.75. The standard InChI is InChI=1S/C17H18IN5O2/c1-21-11-19-17(20-21)12-2-3-15-13(8-12)14(18)9-23(15)10-16(24)22-4-6-25-7-5-22/h2-3,8-9,11H,4-7,10H2,1H3. The number of aromatic nitrogens is 4. The Hall–Kier alpha value is -1.94. The van der Waals surface area contributed by atoms with E-state index in [2.05, 4.69) is 38.7 Å². The molecule has 0 aliphatic carbocycles. The number of halogens is 1. The van der Waals surface area contributed by atoms with Crippen molar-refractivity contribution < 1.29 is 9.53 Å². The van der Waals surface area contributed by atoms with Crippen molar-refractivity contribution >= 4 is 39.4 Å². The third kappa shape index (κ3) is 3.28. The Balaban J connectivity index is 1.63. The first-order valence-electron chi connectivity index (χ1n) is 8.12. The van der Waals surface area contributed by atoms with Crippen molar-refractivity contribution in [2.45, 2.75) is 6.54 Å². The number of amides is 1. The molecule has 0 atom stereocenters. The van der Waals surface area contributed by atoms with Gasteiger partial charge in [0, 0.05) is 46.4 Å². The molecule has 4 rings (SSSR count). The predicted octanol–water partition coefficient (Wildman–Crippen LogP) is 1.90. The van der Waals surface area contributed by atoms with Crippen LogP contribution in [-0.4, -0.2) is 56.4 Å². The van der Waals surface area contributed by atoms with Crippen LogP contribution in [0.15, 0.2) is 30.7 Å². The SMILES string of the molecule is Cn1cnc(-c2ccc3c(c2)c(I)cn3CC(=O)N2CCOCC2)n1. The maximum atomic E-state index is 12.5. The molecule has 0 saturated carbocycles. The van der Waals surface area contributed by atoms with Crippen LogP contribution in [0.4, 0.5) is 0 Å². The molecule has 0 N–H and O–H groups in total. The van der Waals surface area contributed by atoms with Crippen molar-refractivity contribution in [3.63, 3.8) is 0 Å². The summed E-state index contributed by atoms with van der Waals surface area (Å²) < 4.78 is 10.1. The Morgan fingerprint density at radius 3 is 2.84 bits per heavy atom. The molecule has 3 aromatic rings. The zero-order valence-electron chi connectivity index (χ0n) is 13.9. The third-order valence-corrected chi connectivity index (χ3v) is 5.22. The van der Waals surface area contributed by atoms with E-state index in [0.29, 0.717) is 38.7 Å². The third-order valence-electron chi connectivity index (χ3n) is 4.36. The van der Waals surface area contributed by atoms with Crippen LogP contribution in [0, 0.1) is 3.57 Å². The highest BCUT2D eigenvalue weighted by Gasteiger charge is 2.18. The van der Waals surface area contributed by atoms with Crippen LogP contribution < -0.4 is 0 Å². The summed E-state index contributed by atoms with van der Waals surface area (Å²) >= 11 is 2.31. The summed E-state index contributed by atoms with van der Waals surface area (Å²) in [6, 6.07) is 6.13. The number of fused-ring (bicyclic) bond motifs is 1. The van der Waals surface area contributed by atoms with Gasteiger partial charge in [-0.05, 0) is 40.8 Å². The number of benzene rings is 1. The molecule has 130 valence electrons. The zero-order valence-corrected chi connectivity index (χ0v) is 16.0. The molecule has 7 nitrogen and oxygen atoms in total. The van der Waals surface area contributed by atoms with Gasteiger partial charge in [0.05, 0.1) is 13.2 Å². The summed E-state index contributed by atoms with van der Waals surface area (Å²) in [6.45, 7) is 2.93. The Kier molecular flexibility index (Phi) is 4.46. The minimum Gasteiger partial charge on any atom is -0.378 e. The van der Waals surface area contributed by atoms with Crippen LogP contribution in [0.3, 0.4) is 0 Å². The van der Waals surface area contributed by atoms with Gasteiger partial charge in [0.25, 0.3) is 0 Å². The molecule has 1 aromatic carbocycles. The highest BCUT2D eigenvalue weighted by atomic mass is 127. The topological polar surface area (TPSA) is 65.2 Å². The first-order valence-corrected chi connectivity index (χ1v) is 9.19. The number of ether oxygens (including phenoxy) is 1. The van der Waals surface area contributed by atoms with Crippen LogP contribution in [0.5, 0.6) is 0 Å². The van der Waals surface area contributed by atoms with Gasteiger partial charge in [-0.2, -0.15) is 5.10 Å². The van der Waals surface area contributed by atoms with E-state index in [1.54, 1.807) is 11.0 Å². The van der Waals surface area contributed by atoms with Crippen LogP contribution in [-0.2, 0) is 23.1 Å². The van der Waals surface area contributed by atoms with Gasteiger partial charge in [-0.1, -0.05) is 0 Å². The van der Waals surface area contributed by atoms with E-state index < -0.39 is 0 Å². The molecule has 1 amide bonds. The smallest absolute Gasteiger partial charge is 0.242 e. The summed E-state index contributed by atoms with van der Waals surface area (Å²) in [6.07, 6.45) is 3.72. The normalized spacial score (nSPS) is 15.0. The van der Waals surface area contributed by atoms with Crippen molar-refractivity contribution in [3.8, 4) is 11.4 Å². The second-order valence-electron chi connectivity index (χ2n) is 6.07. The van der Waals surface area contributed by atoms with Gasteiger partial charge in [-0.15, -0.1) is 0 Å². The van der Waals surface area contributed by atoms with Gasteiger partial charge >= 0.3 is 0 Å². The summed E-state index contributed by atoms with van der Waals surface area (Å²) in [5, 5.41) is 5.47. The largest absolute Gasteiger partial charge is 0.378 e. The lowest BCUT2D eigenvalue weighted by atomic mass is 10.1. The molecule has 2 aromatic heterocycles. The summed E-state index contributed by atoms with van der Waals surface area (Å²) in [5.74, 6) is 0.837. The first-order chi connectivity index (χ1) is 12.1. The van der Waals surface area contributed by atoms with Crippen molar-refractivity contribution in [1.29, 1.82) is 0 Å².